The Hall–Kier alpha value is -3.80. The Bertz CT molecular complexity index is 1320. The quantitative estimate of drug-likeness (QED) is 0.425. The van der Waals surface area contributed by atoms with E-state index >= 15 is 0 Å². The van der Waals surface area contributed by atoms with Crippen molar-refractivity contribution in [3.05, 3.63) is 94.0 Å². The molecule has 1 saturated heterocycles. The van der Waals surface area contributed by atoms with Gasteiger partial charge in [0.15, 0.2) is 5.60 Å². The molecule has 0 saturated carbocycles. The summed E-state index contributed by atoms with van der Waals surface area (Å²) in [6, 6.07) is 19.6. The number of carbonyl (C=O) groups is 2. The fraction of sp³-hybridized carbons (Fsp3) is 0.355. The SMILES string of the molecule is Cc1c(C)c2c(c(C)c1OCc1ccccc1)CC[C@](C)(C(=O)N1C(=O)OC[C@@H]1Cc1ccccc1)O2. The molecule has 6 heteroatoms. The van der Waals surface area contributed by atoms with Crippen LogP contribution in [0, 0.1) is 20.8 Å². The first-order chi connectivity index (χ1) is 17.8. The highest BCUT2D eigenvalue weighted by Crippen LogP contribution is 2.44. The number of hydrogen-bond donors (Lipinski definition) is 0. The molecule has 3 aromatic carbocycles. The summed E-state index contributed by atoms with van der Waals surface area (Å²) >= 11 is 0. The summed E-state index contributed by atoms with van der Waals surface area (Å²) in [5.74, 6) is 1.24. The first-order valence-electron chi connectivity index (χ1n) is 12.8. The molecule has 0 unspecified atom stereocenters. The van der Waals surface area contributed by atoms with E-state index < -0.39 is 11.7 Å². The first-order valence-corrected chi connectivity index (χ1v) is 12.8. The van der Waals surface area contributed by atoms with Crippen molar-refractivity contribution >= 4 is 12.0 Å². The van der Waals surface area contributed by atoms with Crippen molar-refractivity contribution in [1.82, 2.24) is 4.90 Å². The summed E-state index contributed by atoms with van der Waals surface area (Å²) in [4.78, 5) is 27.8. The van der Waals surface area contributed by atoms with Gasteiger partial charge < -0.3 is 14.2 Å². The van der Waals surface area contributed by atoms with Crippen LogP contribution >= 0.6 is 0 Å². The van der Waals surface area contributed by atoms with E-state index in [1.54, 1.807) is 6.92 Å². The zero-order valence-electron chi connectivity index (χ0n) is 21.9. The molecule has 5 rings (SSSR count). The molecule has 2 heterocycles. The fourth-order valence-corrected chi connectivity index (χ4v) is 5.33. The molecule has 2 atom stereocenters. The van der Waals surface area contributed by atoms with E-state index in [1.165, 1.54) is 4.90 Å². The third kappa shape index (κ3) is 4.68. The Balaban J connectivity index is 1.39. The van der Waals surface area contributed by atoms with Crippen LogP contribution in [-0.2, 0) is 29.0 Å². The molecule has 2 aliphatic rings. The maximum Gasteiger partial charge on any atom is 0.417 e. The van der Waals surface area contributed by atoms with Gasteiger partial charge in [-0.25, -0.2) is 9.69 Å². The molecular weight excluding hydrogens is 466 g/mol. The van der Waals surface area contributed by atoms with Crippen LogP contribution in [0.1, 0.15) is 46.7 Å². The molecule has 192 valence electrons. The van der Waals surface area contributed by atoms with Gasteiger partial charge >= 0.3 is 6.09 Å². The number of fused-ring (bicyclic) bond motifs is 1. The van der Waals surface area contributed by atoms with Crippen LogP contribution in [0.25, 0.3) is 0 Å². The van der Waals surface area contributed by atoms with Crippen molar-refractivity contribution in [2.45, 2.75) is 65.2 Å². The first kappa shape index (κ1) is 24.9. The van der Waals surface area contributed by atoms with Crippen molar-refractivity contribution in [1.29, 1.82) is 0 Å². The molecule has 0 N–H and O–H groups in total. The summed E-state index contributed by atoms with van der Waals surface area (Å²) in [6.45, 7) is 8.53. The zero-order chi connectivity index (χ0) is 26.2. The number of ether oxygens (including phenoxy) is 3. The highest BCUT2D eigenvalue weighted by Gasteiger charge is 2.49. The number of cyclic esters (lactones) is 1. The van der Waals surface area contributed by atoms with Gasteiger partial charge in [0.05, 0.1) is 6.04 Å². The van der Waals surface area contributed by atoms with Crippen LogP contribution < -0.4 is 9.47 Å². The molecule has 1 fully saturated rings. The maximum absolute atomic E-state index is 13.8. The van der Waals surface area contributed by atoms with E-state index in [-0.39, 0.29) is 18.6 Å². The van der Waals surface area contributed by atoms with Gasteiger partial charge in [0.2, 0.25) is 0 Å². The summed E-state index contributed by atoms with van der Waals surface area (Å²) in [5.41, 5.74) is 5.02. The van der Waals surface area contributed by atoms with Crippen LogP contribution in [0.3, 0.4) is 0 Å². The van der Waals surface area contributed by atoms with Gasteiger partial charge in [0.25, 0.3) is 5.91 Å². The Morgan fingerprint density at radius 3 is 2.30 bits per heavy atom. The van der Waals surface area contributed by atoms with Crippen molar-refractivity contribution in [3.63, 3.8) is 0 Å². The van der Waals surface area contributed by atoms with E-state index in [1.807, 2.05) is 81.4 Å². The molecule has 2 amide bonds. The summed E-state index contributed by atoms with van der Waals surface area (Å²) < 4.78 is 18.1. The Kier molecular flexibility index (Phi) is 6.67. The van der Waals surface area contributed by atoms with Crippen LogP contribution in [0.15, 0.2) is 60.7 Å². The average Bonchev–Trinajstić information content (AvgIpc) is 3.27. The van der Waals surface area contributed by atoms with Gasteiger partial charge in [0, 0.05) is 12.0 Å². The summed E-state index contributed by atoms with van der Waals surface area (Å²) in [7, 11) is 0. The lowest BCUT2D eigenvalue weighted by atomic mass is 9.86. The fourth-order valence-electron chi connectivity index (χ4n) is 5.33. The molecule has 37 heavy (non-hydrogen) atoms. The number of amides is 2. The number of carbonyl (C=O) groups excluding carboxylic acids is 2. The maximum atomic E-state index is 13.8. The van der Waals surface area contributed by atoms with E-state index in [9.17, 15) is 9.59 Å². The summed E-state index contributed by atoms with van der Waals surface area (Å²) in [6.07, 6.45) is 1.06. The van der Waals surface area contributed by atoms with Gasteiger partial charge in [-0.05, 0) is 68.4 Å². The van der Waals surface area contributed by atoms with Gasteiger partial charge in [-0.3, -0.25) is 4.79 Å². The lowest BCUT2D eigenvalue weighted by Gasteiger charge is -2.39. The van der Waals surface area contributed by atoms with Gasteiger partial charge in [-0.15, -0.1) is 0 Å². The minimum Gasteiger partial charge on any atom is -0.488 e. The van der Waals surface area contributed by atoms with E-state index in [4.69, 9.17) is 14.2 Å². The molecule has 2 aliphatic heterocycles. The molecule has 0 bridgehead atoms. The molecule has 3 aromatic rings. The summed E-state index contributed by atoms with van der Waals surface area (Å²) in [5, 5.41) is 0. The second kappa shape index (κ2) is 9.92. The van der Waals surface area contributed by atoms with Crippen molar-refractivity contribution in [3.8, 4) is 11.5 Å². The van der Waals surface area contributed by atoms with E-state index in [2.05, 4.69) is 0 Å². The smallest absolute Gasteiger partial charge is 0.417 e. The standard InChI is InChI=1S/C31H33NO5/c1-20-21(2)28-26(22(3)27(20)35-18-24-13-9-6-10-14-24)15-16-31(4,37-28)29(33)32-25(19-36-30(32)34)17-23-11-7-5-8-12-23/h5-14,25H,15-19H2,1-4H3/t25-,31+/m0/s1. The predicted octanol–water partition coefficient (Wildman–Crippen LogP) is 5.86. The predicted molar refractivity (Wildman–Crippen MR) is 141 cm³/mol. The monoisotopic (exact) mass is 499 g/mol. The van der Waals surface area contributed by atoms with Gasteiger partial charge in [-0.2, -0.15) is 0 Å². The van der Waals surface area contributed by atoms with E-state index in [0.717, 1.165) is 44.9 Å². The van der Waals surface area contributed by atoms with Gasteiger partial charge in [0.1, 0.15) is 24.7 Å². The normalized spacial score (nSPS) is 20.7. The van der Waals surface area contributed by atoms with Crippen LogP contribution in [0.5, 0.6) is 11.5 Å². The lowest BCUT2D eigenvalue weighted by Crippen LogP contribution is -2.55. The molecule has 0 spiro atoms. The Labute approximate surface area is 218 Å². The Morgan fingerprint density at radius 2 is 1.62 bits per heavy atom. The van der Waals surface area contributed by atoms with Crippen LogP contribution in [0.2, 0.25) is 0 Å². The van der Waals surface area contributed by atoms with Gasteiger partial charge in [-0.1, -0.05) is 60.7 Å². The van der Waals surface area contributed by atoms with E-state index in [0.29, 0.717) is 25.9 Å². The second-order valence-corrected chi connectivity index (χ2v) is 10.2. The molecule has 0 aromatic heterocycles. The van der Waals surface area contributed by atoms with Crippen LogP contribution in [0.4, 0.5) is 4.79 Å². The second-order valence-electron chi connectivity index (χ2n) is 10.2. The van der Waals surface area contributed by atoms with Crippen molar-refractivity contribution in [2.24, 2.45) is 0 Å². The number of hydrogen-bond acceptors (Lipinski definition) is 5. The third-order valence-electron chi connectivity index (χ3n) is 7.66. The highest BCUT2D eigenvalue weighted by atomic mass is 16.6. The number of rotatable bonds is 6. The minimum absolute atomic E-state index is 0.186. The number of nitrogens with zero attached hydrogens (tertiary/aromatic N) is 1. The molecule has 0 aliphatic carbocycles. The lowest BCUT2D eigenvalue weighted by molar-refractivity contribution is -0.146. The molecule has 6 nitrogen and oxygen atoms in total. The largest absolute Gasteiger partial charge is 0.488 e. The average molecular weight is 500 g/mol. The molecular formula is C31H33NO5. The zero-order valence-corrected chi connectivity index (χ0v) is 21.9. The van der Waals surface area contributed by atoms with Crippen molar-refractivity contribution in [2.75, 3.05) is 6.61 Å². The van der Waals surface area contributed by atoms with Crippen molar-refractivity contribution < 1.29 is 23.8 Å². The topological polar surface area (TPSA) is 65.1 Å². The third-order valence-corrected chi connectivity index (χ3v) is 7.66. The molecule has 0 radical (unpaired) electrons. The highest BCUT2D eigenvalue weighted by molar-refractivity contribution is 5.98. The number of imide groups is 1. The Morgan fingerprint density at radius 1 is 0.973 bits per heavy atom. The number of benzene rings is 3. The minimum atomic E-state index is -1.17. The van der Waals surface area contributed by atoms with Crippen LogP contribution in [-0.4, -0.2) is 35.2 Å².